The minimum atomic E-state index is -1.82. The first kappa shape index (κ1) is 29.5. The van der Waals surface area contributed by atoms with Gasteiger partial charge in [-0.1, -0.05) is 24.3 Å². The third-order valence-electron chi connectivity index (χ3n) is 7.38. The minimum Gasteiger partial charge on any atom is -0.495 e. The van der Waals surface area contributed by atoms with Gasteiger partial charge in [-0.3, -0.25) is 9.59 Å². The number of rotatable bonds is 7. The number of benzene rings is 2. The Bertz CT molecular complexity index is 1310. The number of hydrogen-bond acceptors (Lipinski definition) is 14. The van der Waals surface area contributed by atoms with E-state index in [1.54, 1.807) is 12.1 Å². The quantitative estimate of drug-likeness (QED) is 0.155. The van der Waals surface area contributed by atoms with Crippen molar-refractivity contribution < 1.29 is 69.0 Å². The Morgan fingerprint density at radius 1 is 0.854 bits per heavy atom. The van der Waals surface area contributed by atoms with E-state index in [2.05, 4.69) is 0 Å². The number of hydrogen-bond donors (Lipinski definition) is 7. The molecule has 7 N–H and O–H groups in total. The molecule has 1 aliphatic carbocycles. The number of carbonyl (C=O) groups excluding carboxylic acids is 2. The van der Waals surface area contributed by atoms with Crippen LogP contribution >= 0.6 is 0 Å². The summed E-state index contributed by atoms with van der Waals surface area (Å²) in [7, 11) is 1.24. The molecular formula is C27H30O14. The number of aliphatic hydroxyl groups excluding tert-OH is 7. The van der Waals surface area contributed by atoms with Gasteiger partial charge in [0.2, 0.25) is 6.29 Å². The fourth-order valence-electron chi connectivity index (χ4n) is 5.11. The maximum absolute atomic E-state index is 13.3. The smallest absolute Gasteiger partial charge is 0.229 e. The van der Waals surface area contributed by atoms with Crippen LogP contribution in [0.2, 0.25) is 0 Å². The van der Waals surface area contributed by atoms with Gasteiger partial charge < -0.3 is 59.4 Å². The summed E-state index contributed by atoms with van der Waals surface area (Å²) in [4.78, 5) is 26.6. The van der Waals surface area contributed by atoms with Crippen LogP contribution in [0.25, 0.3) is 0 Å². The van der Waals surface area contributed by atoms with Crippen LogP contribution < -0.4 is 9.47 Å². The summed E-state index contributed by atoms with van der Waals surface area (Å²) in [5.41, 5.74) is 0.137. The molecule has 0 radical (unpaired) electrons. The van der Waals surface area contributed by atoms with Crippen molar-refractivity contribution in [2.24, 2.45) is 0 Å². The maximum atomic E-state index is 13.3. The normalized spacial score (nSPS) is 33.2. The van der Waals surface area contributed by atoms with Crippen molar-refractivity contribution in [3.8, 4) is 11.5 Å². The van der Waals surface area contributed by atoms with E-state index in [0.29, 0.717) is 0 Å². The number of ketones is 2. The van der Waals surface area contributed by atoms with E-state index in [9.17, 15) is 45.3 Å². The highest BCUT2D eigenvalue weighted by Gasteiger charge is 2.47. The monoisotopic (exact) mass is 578 g/mol. The zero-order valence-electron chi connectivity index (χ0n) is 21.7. The van der Waals surface area contributed by atoms with Crippen LogP contribution in [-0.4, -0.2) is 123 Å². The van der Waals surface area contributed by atoms with Gasteiger partial charge in [-0.2, -0.15) is 0 Å². The Morgan fingerprint density at radius 3 is 2.17 bits per heavy atom. The second-order valence-corrected chi connectivity index (χ2v) is 9.89. The Morgan fingerprint density at radius 2 is 1.51 bits per heavy atom. The highest BCUT2D eigenvalue weighted by Crippen LogP contribution is 2.41. The first-order chi connectivity index (χ1) is 19.6. The molecule has 2 aromatic carbocycles. The molecule has 2 heterocycles. The molecule has 5 rings (SSSR count). The van der Waals surface area contributed by atoms with Crippen LogP contribution in [0.5, 0.6) is 11.5 Å². The molecule has 3 aliphatic rings. The van der Waals surface area contributed by atoms with E-state index in [1.807, 2.05) is 0 Å². The minimum absolute atomic E-state index is 0.0396. The lowest BCUT2D eigenvalue weighted by atomic mass is 9.82. The van der Waals surface area contributed by atoms with Gasteiger partial charge in [0.25, 0.3) is 0 Å². The zero-order chi connectivity index (χ0) is 29.6. The molecule has 0 saturated carbocycles. The van der Waals surface area contributed by atoms with Gasteiger partial charge in [0.1, 0.15) is 54.2 Å². The lowest BCUT2D eigenvalue weighted by molar-refractivity contribution is -0.307. The summed E-state index contributed by atoms with van der Waals surface area (Å²) in [5, 5.41) is 71.3. The molecule has 0 spiro atoms. The van der Waals surface area contributed by atoms with Crippen LogP contribution in [0.4, 0.5) is 0 Å². The van der Waals surface area contributed by atoms with E-state index < -0.39 is 80.1 Å². The summed E-state index contributed by atoms with van der Waals surface area (Å²) in [5.74, 6) is -1.32. The van der Waals surface area contributed by atoms with Crippen molar-refractivity contribution in [2.75, 3.05) is 20.3 Å². The molecule has 41 heavy (non-hydrogen) atoms. The Hall–Kier alpha value is -3.02. The van der Waals surface area contributed by atoms with Crippen molar-refractivity contribution >= 4 is 11.6 Å². The molecule has 9 unspecified atom stereocenters. The molecule has 14 nitrogen and oxygen atoms in total. The highest BCUT2D eigenvalue weighted by atomic mass is 16.7. The highest BCUT2D eigenvalue weighted by molar-refractivity contribution is 6.29. The Kier molecular flexibility index (Phi) is 8.41. The van der Waals surface area contributed by atoms with E-state index in [4.69, 9.17) is 23.7 Å². The summed E-state index contributed by atoms with van der Waals surface area (Å²) in [6.45, 7) is -1.56. The third kappa shape index (κ3) is 5.12. The van der Waals surface area contributed by atoms with Crippen molar-refractivity contribution in [2.45, 2.75) is 61.9 Å². The SMILES string of the molecule is COc1c(CO)c(OC2OC(COC3OCC(O)C(O)C3O)C(O)C(O)C2O)cc2c1C(=O)c1ccccc1C2=O. The summed E-state index contributed by atoms with van der Waals surface area (Å²) >= 11 is 0. The first-order valence-corrected chi connectivity index (χ1v) is 12.8. The van der Waals surface area contributed by atoms with Crippen molar-refractivity contribution in [1.82, 2.24) is 0 Å². The summed E-state index contributed by atoms with van der Waals surface area (Å²) in [6.07, 6.45) is -14.3. The van der Waals surface area contributed by atoms with E-state index in [-0.39, 0.29) is 45.9 Å². The zero-order valence-corrected chi connectivity index (χ0v) is 21.7. The van der Waals surface area contributed by atoms with Gasteiger partial charge >= 0.3 is 0 Å². The molecule has 2 fully saturated rings. The van der Waals surface area contributed by atoms with Crippen molar-refractivity contribution in [3.05, 3.63) is 58.1 Å². The van der Waals surface area contributed by atoms with Crippen LogP contribution in [0.1, 0.15) is 37.4 Å². The fraction of sp³-hybridized carbons (Fsp3) is 0.481. The van der Waals surface area contributed by atoms with E-state index in [0.717, 1.165) is 0 Å². The molecule has 0 amide bonds. The number of ether oxygens (including phenoxy) is 5. The average Bonchev–Trinajstić information content (AvgIpc) is 2.98. The van der Waals surface area contributed by atoms with Crippen LogP contribution in [0, 0.1) is 0 Å². The maximum Gasteiger partial charge on any atom is 0.229 e. The lowest BCUT2D eigenvalue weighted by Gasteiger charge is -2.41. The second kappa shape index (κ2) is 11.7. The molecule has 9 atom stereocenters. The number of methoxy groups -OCH3 is 1. The number of carbonyl (C=O) groups is 2. The second-order valence-electron chi connectivity index (χ2n) is 9.89. The molecule has 0 aromatic heterocycles. The summed E-state index contributed by atoms with van der Waals surface area (Å²) < 4.78 is 27.4. The van der Waals surface area contributed by atoms with Crippen LogP contribution in [0.15, 0.2) is 30.3 Å². The predicted octanol–water partition coefficient (Wildman–Crippen LogP) is -2.40. The standard InChI is InChI=1S/C27H30O14/c1-37-25-13(7-28)15(6-12-17(25)19(31)11-5-3-2-4-10(11)18(12)30)40-27-24(36)22(34)21(33)16(41-27)9-39-26-23(35)20(32)14(29)8-38-26/h2-6,14,16,20-24,26-29,32-36H,7-9H2,1H3. The molecule has 14 heteroatoms. The van der Waals surface area contributed by atoms with Crippen molar-refractivity contribution in [3.63, 3.8) is 0 Å². The largest absolute Gasteiger partial charge is 0.495 e. The van der Waals surface area contributed by atoms with Gasteiger partial charge in [-0.25, -0.2) is 0 Å². The molecule has 0 bridgehead atoms. The van der Waals surface area contributed by atoms with Gasteiger partial charge in [-0.05, 0) is 6.07 Å². The molecule has 2 aliphatic heterocycles. The lowest BCUT2D eigenvalue weighted by Crippen LogP contribution is -2.61. The topological polar surface area (TPSA) is 222 Å². The van der Waals surface area contributed by atoms with Crippen LogP contribution in [-0.2, 0) is 20.8 Å². The summed E-state index contributed by atoms with van der Waals surface area (Å²) in [6, 6.07) is 7.42. The Labute approximate surface area is 232 Å². The van der Waals surface area contributed by atoms with Gasteiger partial charge in [0.15, 0.2) is 17.9 Å². The van der Waals surface area contributed by atoms with Crippen LogP contribution in [0.3, 0.4) is 0 Å². The molecular weight excluding hydrogens is 548 g/mol. The molecule has 2 aromatic rings. The van der Waals surface area contributed by atoms with Gasteiger partial charge in [-0.15, -0.1) is 0 Å². The van der Waals surface area contributed by atoms with Gasteiger partial charge in [0, 0.05) is 16.7 Å². The van der Waals surface area contributed by atoms with Crippen molar-refractivity contribution in [1.29, 1.82) is 0 Å². The predicted molar refractivity (Wildman–Crippen MR) is 133 cm³/mol. The first-order valence-electron chi connectivity index (χ1n) is 12.8. The molecule has 2 saturated heterocycles. The van der Waals surface area contributed by atoms with E-state index in [1.165, 1.54) is 25.3 Å². The average molecular weight is 579 g/mol. The number of aliphatic hydroxyl groups is 7. The number of fused-ring (bicyclic) bond motifs is 2. The molecule has 222 valence electrons. The van der Waals surface area contributed by atoms with Gasteiger partial charge in [0.05, 0.1) is 38.1 Å². The third-order valence-corrected chi connectivity index (χ3v) is 7.38. The van der Waals surface area contributed by atoms with E-state index >= 15 is 0 Å². The Balaban J connectivity index is 1.42. The fourth-order valence-corrected chi connectivity index (χ4v) is 5.11.